The zero-order valence-corrected chi connectivity index (χ0v) is 33.1. The number of nitrogens with zero attached hydrogens (tertiary/aromatic N) is 1. The van der Waals surface area contributed by atoms with Crippen molar-refractivity contribution in [2.75, 3.05) is 39.3 Å². The highest BCUT2D eigenvalue weighted by Crippen LogP contribution is 2.67. The number of allylic oxidation sites excluding steroid dienone is 1. The van der Waals surface area contributed by atoms with Gasteiger partial charge in [0, 0.05) is 32.4 Å². The van der Waals surface area contributed by atoms with Gasteiger partial charge in [0.25, 0.3) is 0 Å². The minimum absolute atomic E-state index is 0.00737. The zero-order chi connectivity index (χ0) is 36.1. The predicted molar refractivity (Wildman–Crippen MR) is 207 cm³/mol. The molecule has 0 aromatic heterocycles. The Morgan fingerprint density at radius 3 is 2.36 bits per heavy atom. The molecule has 0 aromatic rings. The second-order valence-electron chi connectivity index (χ2n) is 18.0. The van der Waals surface area contributed by atoms with E-state index in [1.165, 1.54) is 51.4 Å². The minimum atomic E-state index is -0.0876. The topological polar surface area (TPSA) is 111 Å². The molecule has 4 rings (SSSR count). The number of carbonyl (C=O) groups excluding carboxylic acids is 2. The smallest absolute Gasteiger partial charge is 0.306 e. The van der Waals surface area contributed by atoms with Crippen LogP contribution in [0.1, 0.15) is 157 Å². The molecule has 4 aliphatic rings. The average Bonchev–Trinajstić information content (AvgIpc) is 3.44. The first-order valence-electron chi connectivity index (χ1n) is 21.3. The zero-order valence-electron chi connectivity index (χ0n) is 33.1. The molecule has 0 saturated heterocycles. The lowest BCUT2D eigenvalue weighted by atomic mass is 9.47. The molecule has 3 saturated carbocycles. The Morgan fingerprint density at radius 2 is 1.60 bits per heavy atom. The Labute approximate surface area is 307 Å². The van der Waals surface area contributed by atoms with Crippen LogP contribution >= 0.6 is 0 Å². The van der Waals surface area contributed by atoms with E-state index in [1.807, 2.05) is 4.90 Å². The number of carbonyl (C=O) groups is 2. The Morgan fingerprint density at radius 1 is 0.860 bits per heavy atom. The summed E-state index contributed by atoms with van der Waals surface area (Å²) >= 11 is 0. The molecule has 0 heterocycles. The highest BCUT2D eigenvalue weighted by atomic mass is 16.5. The summed E-state index contributed by atoms with van der Waals surface area (Å²) in [6.07, 6.45) is 22.9. The summed E-state index contributed by atoms with van der Waals surface area (Å²) in [5, 5.41) is 3.41. The van der Waals surface area contributed by atoms with Crippen molar-refractivity contribution in [2.24, 2.45) is 57.8 Å². The number of nitrogens with one attached hydrogen (secondary N) is 1. The van der Waals surface area contributed by atoms with Gasteiger partial charge in [-0.3, -0.25) is 9.59 Å². The summed E-state index contributed by atoms with van der Waals surface area (Å²) in [5.74, 6) is 5.14. The molecule has 50 heavy (non-hydrogen) atoms. The van der Waals surface area contributed by atoms with Crippen molar-refractivity contribution in [2.45, 2.75) is 163 Å². The third kappa shape index (κ3) is 10.8. The van der Waals surface area contributed by atoms with Crippen LogP contribution in [0.25, 0.3) is 0 Å². The van der Waals surface area contributed by atoms with Crippen molar-refractivity contribution >= 4 is 11.9 Å². The van der Waals surface area contributed by atoms with Gasteiger partial charge in [-0.15, -0.1) is 0 Å². The van der Waals surface area contributed by atoms with Crippen LogP contribution in [0.2, 0.25) is 0 Å². The second-order valence-corrected chi connectivity index (χ2v) is 18.0. The van der Waals surface area contributed by atoms with Gasteiger partial charge < -0.3 is 26.4 Å². The fraction of sp³-hybridized carbons (Fsp3) is 0.907. The summed E-state index contributed by atoms with van der Waals surface area (Å²) in [6.45, 7) is 17.2. The second kappa shape index (κ2) is 20.1. The monoisotopic (exact) mass is 699 g/mol. The molecule has 1 amide bonds. The molecule has 288 valence electrons. The molecule has 0 radical (unpaired) electrons. The number of rotatable bonds is 22. The average molecular weight is 699 g/mol. The number of amides is 1. The molecule has 7 nitrogen and oxygen atoms in total. The lowest BCUT2D eigenvalue weighted by Crippen LogP contribution is -2.51. The fourth-order valence-corrected chi connectivity index (χ4v) is 11.2. The third-order valence-corrected chi connectivity index (χ3v) is 14.2. The molecule has 0 bridgehead atoms. The standard InChI is InChI=1S/C43H78N4O3/c1-32(2)13-10-14-33(3)37-19-20-38-36-18-17-34-31-35(21-23-42(34,4)39(36)22-24-43(37,38)5)50-41(49)16-7-6-15-40(48)47(30-12-26-45)29-9-8-27-46-28-11-25-44/h17,32-33,35-39,46H,6-16,18-31,44-45H2,1-5H3/t33?,35-,36-,37+,38-,39-,42-,43+/m0/s1. The van der Waals surface area contributed by atoms with Crippen LogP contribution < -0.4 is 16.8 Å². The van der Waals surface area contributed by atoms with Crippen LogP contribution in [0.4, 0.5) is 0 Å². The molecule has 0 aliphatic heterocycles. The largest absolute Gasteiger partial charge is 0.462 e. The maximum atomic E-state index is 13.0. The Bertz CT molecular complexity index is 1080. The number of ether oxygens (including phenoxy) is 1. The molecule has 5 N–H and O–H groups in total. The van der Waals surface area contributed by atoms with E-state index in [9.17, 15) is 9.59 Å². The number of esters is 1. The maximum Gasteiger partial charge on any atom is 0.306 e. The van der Waals surface area contributed by atoms with Crippen LogP contribution in [-0.4, -0.2) is 62.1 Å². The number of unbranched alkanes of at least 4 members (excludes halogenated alkanes) is 2. The lowest BCUT2D eigenvalue weighted by molar-refractivity contribution is -0.151. The van der Waals surface area contributed by atoms with Crippen LogP contribution in [0.3, 0.4) is 0 Å². The Hall–Kier alpha value is -1.44. The molecule has 3 fully saturated rings. The first-order valence-corrected chi connectivity index (χ1v) is 21.3. The van der Waals surface area contributed by atoms with Crippen molar-refractivity contribution in [1.82, 2.24) is 10.2 Å². The summed E-state index contributed by atoms with van der Waals surface area (Å²) in [7, 11) is 0. The van der Waals surface area contributed by atoms with E-state index in [0.29, 0.717) is 44.3 Å². The quantitative estimate of drug-likeness (QED) is 0.0595. The number of fused-ring (bicyclic) bond motifs is 5. The van der Waals surface area contributed by atoms with Crippen LogP contribution in [0.15, 0.2) is 11.6 Å². The van der Waals surface area contributed by atoms with Gasteiger partial charge in [-0.2, -0.15) is 0 Å². The van der Waals surface area contributed by atoms with E-state index >= 15 is 0 Å². The molecule has 0 aromatic carbocycles. The van der Waals surface area contributed by atoms with Gasteiger partial charge >= 0.3 is 5.97 Å². The molecule has 1 unspecified atom stereocenters. The lowest BCUT2D eigenvalue weighted by Gasteiger charge is -2.58. The van der Waals surface area contributed by atoms with Gasteiger partial charge in [-0.25, -0.2) is 0 Å². The summed E-state index contributed by atoms with van der Waals surface area (Å²) in [4.78, 5) is 27.9. The van der Waals surface area contributed by atoms with Crippen molar-refractivity contribution in [3.8, 4) is 0 Å². The van der Waals surface area contributed by atoms with Crippen LogP contribution in [0, 0.1) is 46.3 Å². The first kappa shape index (κ1) is 41.3. The van der Waals surface area contributed by atoms with E-state index in [-0.39, 0.29) is 23.4 Å². The van der Waals surface area contributed by atoms with E-state index in [0.717, 1.165) is 107 Å². The molecule has 0 spiro atoms. The summed E-state index contributed by atoms with van der Waals surface area (Å²) in [6, 6.07) is 0. The molecule has 8 atom stereocenters. The minimum Gasteiger partial charge on any atom is -0.462 e. The number of hydrogen-bond acceptors (Lipinski definition) is 6. The first-order chi connectivity index (χ1) is 24.0. The van der Waals surface area contributed by atoms with Gasteiger partial charge in [0.2, 0.25) is 5.91 Å². The highest BCUT2D eigenvalue weighted by molar-refractivity contribution is 5.76. The number of nitrogens with two attached hydrogens (primary N) is 2. The van der Waals surface area contributed by atoms with Crippen LogP contribution in [0.5, 0.6) is 0 Å². The third-order valence-electron chi connectivity index (χ3n) is 14.2. The molecular formula is C43H78N4O3. The molecular weight excluding hydrogens is 620 g/mol. The van der Waals surface area contributed by atoms with Gasteiger partial charge in [0.05, 0.1) is 0 Å². The van der Waals surface area contributed by atoms with E-state index in [1.54, 1.807) is 5.57 Å². The molecule has 7 heteroatoms. The van der Waals surface area contributed by atoms with Crippen molar-refractivity contribution in [3.63, 3.8) is 0 Å². The van der Waals surface area contributed by atoms with Crippen molar-refractivity contribution in [3.05, 3.63) is 11.6 Å². The Kier molecular flexibility index (Phi) is 16.6. The summed E-state index contributed by atoms with van der Waals surface area (Å²) in [5.41, 5.74) is 13.7. The summed E-state index contributed by atoms with van der Waals surface area (Å²) < 4.78 is 6.10. The van der Waals surface area contributed by atoms with E-state index < -0.39 is 0 Å². The van der Waals surface area contributed by atoms with Gasteiger partial charge in [-0.1, -0.05) is 65.5 Å². The predicted octanol–water partition coefficient (Wildman–Crippen LogP) is 8.40. The highest BCUT2D eigenvalue weighted by Gasteiger charge is 2.59. The SMILES string of the molecule is CC(C)CCCC(C)[C@H]1CC[C@H]2[C@@H]3CC=C4C[C@@H](OC(=O)CCCCC(=O)N(CCCN)CCCCNCCCN)CC[C@]4(C)[C@H]3CC[C@]12C. The van der Waals surface area contributed by atoms with E-state index in [4.69, 9.17) is 16.2 Å². The van der Waals surface area contributed by atoms with E-state index in [2.05, 4.69) is 46.0 Å². The van der Waals surface area contributed by atoms with Crippen molar-refractivity contribution < 1.29 is 14.3 Å². The molecule has 4 aliphatic carbocycles. The van der Waals surface area contributed by atoms with Gasteiger partial charge in [-0.05, 0) is 156 Å². The number of hydrogen-bond donors (Lipinski definition) is 3. The maximum absolute atomic E-state index is 13.0. The van der Waals surface area contributed by atoms with Crippen molar-refractivity contribution in [1.29, 1.82) is 0 Å². The van der Waals surface area contributed by atoms with Crippen LogP contribution in [-0.2, 0) is 14.3 Å². The Balaban J connectivity index is 1.19. The van der Waals surface area contributed by atoms with Gasteiger partial charge in [0.1, 0.15) is 6.10 Å². The normalized spacial score (nSPS) is 31.0. The van der Waals surface area contributed by atoms with Gasteiger partial charge in [0.15, 0.2) is 0 Å². The fourth-order valence-electron chi connectivity index (χ4n) is 11.2.